The van der Waals surface area contributed by atoms with E-state index >= 15 is 0 Å². The van der Waals surface area contributed by atoms with Gasteiger partial charge in [0.15, 0.2) is 0 Å². The van der Waals surface area contributed by atoms with E-state index in [4.69, 9.17) is 0 Å². The first-order chi connectivity index (χ1) is 14.1. The molecule has 29 heavy (non-hydrogen) atoms. The van der Waals surface area contributed by atoms with Gasteiger partial charge in [-0.2, -0.15) is 0 Å². The number of benzene rings is 2. The van der Waals surface area contributed by atoms with Crippen LogP contribution in [-0.4, -0.2) is 21.7 Å². The Hall–Kier alpha value is -2.95. The van der Waals surface area contributed by atoms with Gasteiger partial charge in [0, 0.05) is 25.3 Å². The molecule has 0 aliphatic carbocycles. The molecule has 0 saturated carbocycles. The van der Waals surface area contributed by atoms with Crippen LogP contribution in [0.5, 0.6) is 0 Å². The molecule has 0 spiro atoms. The molecule has 5 heteroatoms. The molecule has 0 bridgehead atoms. The van der Waals surface area contributed by atoms with Crippen molar-refractivity contribution >= 4 is 22.5 Å². The van der Waals surface area contributed by atoms with Crippen LogP contribution in [0.4, 0.5) is 0 Å². The predicted octanol–water partition coefficient (Wildman–Crippen LogP) is 5.34. The Morgan fingerprint density at radius 2 is 1.86 bits per heavy atom. The van der Waals surface area contributed by atoms with Gasteiger partial charge >= 0.3 is 0 Å². The highest BCUT2D eigenvalue weighted by atomic mass is 16.1. The molecule has 3 rings (SSSR count). The minimum Gasteiger partial charge on any atom is -0.346 e. The summed E-state index contributed by atoms with van der Waals surface area (Å²) in [5.74, 6) is 1.02. The number of rotatable bonds is 10. The fraction of sp³-hybridized carbons (Fsp3) is 0.375. The number of fused-ring (bicyclic) bond motifs is 1. The van der Waals surface area contributed by atoms with Gasteiger partial charge < -0.3 is 10.3 Å². The van der Waals surface area contributed by atoms with Crippen LogP contribution in [0.25, 0.3) is 22.0 Å². The van der Waals surface area contributed by atoms with Crippen LogP contribution in [0, 0.1) is 0 Å². The number of carbonyl (C=O) groups excluding carboxylic acids is 2. The standard InChI is InChI=1S/C24H29N3O2/c1-3-21(29)11-5-4-6-12-22(26-17(2)28)24-25-16-23(27-24)20-14-13-18-9-7-8-10-19(18)15-20/h7-10,13-16,22H,3-6,11-12H2,1-2H3,(H,25,27)(H,26,28)/t22-/m0/s1. The summed E-state index contributed by atoms with van der Waals surface area (Å²) in [7, 11) is 0. The van der Waals surface area contributed by atoms with E-state index in [9.17, 15) is 9.59 Å². The Morgan fingerprint density at radius 3 is 2.62 bits per heavy atom. The van der Waals surface area contributed by atoms with Crippen molar-refractivity contribution in [2.24, 2.45) is 0 Å². The fourth-order valence-corrected chi connectivity index (χ4v) is 3.56. The molecule has 0 radical (unpaired) electrons. The van der Waals surface area contributed by atoms with Gasteiger partial charge in [0.05, 0.1) is 17.9 Å². The van der Waals surface area contributed by atoms with Crippen molar-refractivity contribution in [3.8, 4) is 11.3 Å². The van der Waals surface area contributed by atoms with Crippen molar-refractivity contribution in [2.75, 3.05) is 0 Å². The van der Waals surface area contributed by atoms with Crippen LogP contribution in [0.2, 0.25) is 0 Å². The molecular formula is C24H29N3O2. The van der Waals surface area contributed by atoms with Crippen LogP contribution < -0.4 is 5.32 Å². The van der Waals surface area contributed by atoms with Crippen molar-refractivity contribution in [2.45, 2.75) is 58.4 Å². The zero-order valence-corrected chi connectivity index (χ0v) is 17.2. The minimum absolute atomic E-state index is 0.0696. The van der Waals surface area contributed by atoms with Gasteiger partial charge in [-0.3, -0.25) is 9.59 Å². The zero-order chi connectivity index (χ0) is 20.6. The summed E-state index contributed by atoms with van der Waals surface area (Å²) in [5.41, 5.74) is 2.01. The molecule has 3 aromatic rings. The monoisotopic (exact) mass is 391 g/mol. The second kappa shape index (κ2) is 10.0. The van der Waals surface area contributed by atoms with Gasteiger partial charge in [-0.05, 0) is 29.7 Å². The smallest absolute Gasteiger partial charge is 0.217 e. The Balaban J connectivity index is 1.67. The van der Waals surface area contributed by atoms with Crippen molar-refractivity contribution in [1.82, 2.24) is 15.3 Å². The van der Waals surface area contributed by atoms with Crippen LogP contribution in [0.1, 0.15) is 64.2 Å². The molecule has 0 aliphatic heterocycles. The van der Waals surface area contributed by atoms with Gasteiger partial charge in [-0.25, -0.2) is 4.98 Å². The molecule has 1 aromatic heterocycles. The van der Waals surface area contributed by atoms with Crippen LogP contribution >= 0.6 is 0 Å². The number of nitrogens with one attached hydrogen (secondary N) is 2. The number of aromatic nitrogens is 2. The third-order valence-electron chi connectivity index (χ3n) is 5.21. The van der Waals surface area contributed by atoms with E-state index in [-0.39, 0.29) is 11.9 Å². The van der Waals surface area contributed by atoms with E-state index in [0.717, 1.165) is 42.8 Å². The zero-order valence-electron chi connectivity index (χ0n) is 17.2. The van der Waals surface area contributed by atoms with E-state index in [1.165, 1.54) is 17.7 Å². The molecule has 152 valence electrons. The number of amides is 1. The van der Waals surface area contributed by atoms with Gasteiger partial charge in [-0.1, -0.05) is 56.2 Å². The number of carbonyl (C=O) groups is 2. The summed E-state index contributed by atoms with van der Waals surface area (Å²) in [6, 6.07) is 14.4. The molecule has 1 heterocycles. The SMILES string of the molecule is CCC(=O)CCCCC[C@H](NC(C)=O)c1ncc(-c2ccc3ccccc3c2)[nH]1. The number of aromatic amines is 1. The second-order valence-corrected chi connectivity index (χ2v) is 7.49. The first-order valence-electron chi connectivity index (χ1n) is 10.4. The van der Waals surface area contributed by atoms with Crippen molar-refractivity contribution in [3.63, 3.8) is 0 Å². The molecule has 0 unspecified atom stereocenters. The molecule has 1 atom stereocenters. The number of H-pyrrole nitrogens is 1. The molecule has 1 amide bonds. The lowest BCUT2D eigenvalue weighted by Gasteiger charge is -2.15. The van der Waals surface area contributed by atoms with Crippen molar-refractivity contribution in [3.05, 3.63) is 54.5 Å². The van der Waals surface area contributed by atoms with E-state index in [0.29, 0.717) is 18.6 Å². The number of unbranched alkanes of at least 4 members (excludes halogenated alkanes) is 2. The van der Waals surface area contributed by atoms with Gasteiger partial charge in [0.2, 0.25) is 5.91 Å². The highest BCUT2D eigenvalue weighted by Crippen LogP contribution is 2.25. The number of hydrogen-bond donors (Lipinski definition) is 2. The average molecular weight is 392 g/mol. The summed E-state index contributed by atoms with van der Waals surface area (Å²) in [5, 5.41) is 5.39. The first kappa shape index (κ1) is 20.8. The maximum atomic E-state index is 11.7. The normalized spacial score (nSPS) is 12.1. The summed E-state index contributed by atoms with van der Waals surface area (Å²) >= 11 is 0. The maximum absolute atomic E-state index is 11.7. The van der Waals surface area contributed by atoms with Crippen LogP contribution in [0.15, 0.2) is 48.7 Å². The van der Waals surface area contributed by atoms with E-state index in [1.807, 2.05) is 25.3 Å². The number of nitrogens with zero attached hydrogens (tertiary/aromatic N) is 1. The first-order valence-corrected chi connectivity index (χ1v) is 10.4. The number of ketones is 1. The molecule has 0 aliphatic rings. The number of imidazole rings is 1. The molecule has 0 fully saturated rings. The lowest BCUT2D eigenvalue weighted by atomic mass is 10.0. The largest absolute Gasteiger partial charge is 0.346 e. The van der Waals surface area contributed by atoms with E-state index in [1.54, 1.807) is 0 Å². The number of Topliss-reactive ketones (excluding diaryl/α,β-unsaturated/α-hetero) is 1. The molecule has 2 aromatic carbocycles. The quantitative estimate of drug-likeness (QED) is 0.458. The maximum Gasteiger partial charge on any atom is 0.217 e. The highest BCUT2D eigenvalue weighted by Gasteiger charge is 2.16. The molecule has 0 saturated heterocycles. The van der Waals surface area contributed by atoms with Gasteiger partial charge in [-0.15, -0.1) is 0 Å². The lowest BCUT2D eigenvalue weighted by Crippen LogP contribution is -2.26. The summed E-state index contributed by atoms with van der Waals surface area (Å²) in [6.45, 7) is 3.43. The van der Waals surface area contributed by atoms with Gasteiger partial charge in [0.25, 0.3) is 0 Å². The van der Waals surface area contributed by atoms with Crippen molar-refractivity contribution < 1.29 is 9.59 Å². The Kier molecular flexibility index (Phi) is 7.17. The summed E-state index contributed by atoms with van der Waals surface area (Å²) in [6.07, 6.45) is 6.69. The third-order valence-corrected chi connectivity index (χ3v) is 5.21. The molecule has 2 N–H and O–H groups in total. The Morgan fingerprint density at radius 1 is 1.07 bits per heavy atom. The second-order valence-electron chi connectivity index (χ2n) is 7.49. The van der Waals surface area contributed by atoms with E-state index in [2.05, 4.69) is 45.6 Å². The van der Waals surface area contributed by atoms with Crippen molar-refractivity contribution in [1.29, 1.82) is 0 Å². The Labute approximate surface area is 171 Å². The van der Waals surface area contributed by atoms with Crippen LogP contribution in [-0.2, 0) is 9.59 Å². The van der Waals surface area contributed by atoms with E-state index < -0.39 is 0 Å². The van der Waals surface area contributed by atoms with Gasteiger partial charge in [0.1, 0.15) is 11.6 Å². The predicted molar refractivity (Wildman–Crippen MR) is 116 cm³/mol. The van der Waals surface area contributed by atoms with Crippen LogP contribution in [0.3, 0.4) is 0 Å². The average Bonchev–Trinajstić information content (AvgIpc) is 3.22. The summed E-state index contributed by atoms with van der Waals surface area (Å²) in [4.78, 5) is 31.0. The lowest BCUT2D eigenvalue weighted by molar-refractivity contribution is -0.120. The molecular weight excluding hydrogens is 362 g/mol. The third kappa shape index (κ3) is 5.76. The topological polar surface area (TPSA) is 74.8 Å². The molecule has 5 nitrogen and oxygen atoms in total. The number of hydrogen-bond acceptors (Lipinski definition) is 3. The summed E-state index contributed by atoms with van der Waals surface area (Å²) < 4.78 is 0. The minimum atomic E-state index is -0.149. The fourth-order valence-electron chi connectivity index (χ4n) is 3.56. The highest BCUT2D eigenvalue weighted by molar-refractivity contribution is 5.86. The Bertz CT molecular complexity index is 977.